The van der Waals surface area contributed by atoms with Gasteiger partial charge in [-0.25, -0.2) is 0 Å². The molecule has 2 aromatic rings. The van der Waals surface area contributed by atoms with Crippen molar-refractivity contribution < 1.29 is 0 Å². The van der Waals surface area contributed by atoms with Crippen LogP contribution in [0.25, 0.3) is 0 Å². The number of aryl methyl sites for hydroxylation is 2. The number of halogens is 1. The van der Waals surface area contributed by atoms with E-state index >= 15 is 0 Å². The topological polar surface area (TPSA) is 41.9 Å². The van der Waals surface area contributed by atoms with Crippen molar-refractivity contribution in [2.24, 2.45) is 0 Å². The molecule has 0 atom stereocenters. The first kappa shape index (κ1) is 13.8. The highest BCUT2D eigenvalue weighted by Gasteiger charge is 2.04. The molecule has 0 bridgehead atoms. The third-order valence-corrected chi connectivity index (χ3v) is 3.09. The van der Waals surface area contributed by atoms with Gasteiger partial charge in [0.1, 0.15) is 0 Å². The van der Waals surface area contributed by atoms with Crippen LogP contribution in [0.3, 0.4) is 0 Å². The summed E-state index contributed by atoms with van der Waals surface area (Å²) in [6.07, 6.45) is 1.90. The Hall–Kier alpha value is -1.59. The average molecular weight is 295 g/mol. The molecule has 6 heteroatoms. The van der Waals surface area contributed by atoms with E-state index in [1.807, 2.05) is 49.0 Å². The predicted molar refractivity (Wildman–Crippen MR) is 83.9 cm³/mol. The zero-order valence-corrected chi connectivity index (χ0v) is 12.3. The van der Waals surface area contributed by atoms with Gasteiger partial charge in [0.15, 0.2) is 10.9 Å². The monoisotopic (exact) mass is 294 g/mol. The van der Waals surface area contributed by atoms with Crippen LogP contribution in [-0.2, 0) is 6.54 Å². The Morgan fingerprint density at radius 1 is 1.37 bits per heavy atom. The molecule has 0 aliphatic carbocycles. The second kappa shape index (κ2) is 6.04. The maximum atomic E-state index is 5.96. The maximum Gasteiger partial charge on any atom is 0.176 e. The molecule has 1 heterocycles. The minimum absolute atomic E-state index is 0.492. The zero-order valence-electron chi connectivity index (χ0n) is 10.8. The largest absolute Gasteiger partial charge is 0.332 e. The Bertz CT molecular complexity index is 594. The van der Waals surface area contributed by atoms with E-state index in [9.17, 15) is 0 Å². The molecular formula is C13H15ClN4S. The quantitative estimate of drug-likeness (QED) is 0.848. The van der Waals surface area contributed by atoms with Crippen LogP contribution in [0.15, 0.2) is 30.5 Å². The van der Waals surface area contributed by atoms with Crippen LogP contribution >= 0.6 is 23.8 Å². The van der Waals surface area contributed by atoms with Crippen LogP contribution in [0.4, 0.5) is 11.5 Å². The molecule has 1 aromatic heterocycles. The number of aromatic nitrogens is 2. The van der Waals surface area contributed by atoms with Crippen molar-refractivity contribution in [2.75, 3.05) is 10.6 Å². The van der Waals surface area contributed by atoms with Crippen LogP contribution in [0, 0.1) is 6.92 Å². The summed E-state index contributed by atoms with van der Waals surface area (Å²) in [6.45, 7) is 4.85. The first-order chi connectivity index (χ1) is 9.08. The van der Waals surface area contributed by atoms with Gasteiger partial charge in [0.05, 0.1) is 0 Å². The standard InChI is InChI=1S/C13H15ClN4S/c1-3-18-7-6-12(17-18)16-13(19)15-11-8-10(14)5-4-9(11)2/h4-8H,3H2,1-2H3,(H2,15,16,17,19). The number of benzene rings is 1. The molecule has 0 unspecified atom stereocenters. The Morgan fingerprint density at radius 3 is 2.84 bits per heavy atom. The molecule has 0 aliphatic rings. The number of anilines is 2. The van der Waals surface area contributed by atoms with E-state index in [0.717, 1.165) is 23.6 Å². The molecule has 100 valence electrons. The van der Waals surface area contributed by atoms with Crippen molar-refractivity contribution in [2.45, 2.75) is 20.4 Å². The van der Waals surface area contributed by atoms with Gasteiger partial charge in [-0.3, -0.25) is 4.68 Å². The summed E-state index contributed by atoms with van der Waals surface area (Å²) in [5.74, 6) is 0.721. The number of nitrogens with zero attached hydrogens (tertiary/aromatic N) is 2. The summed E-state index contributed by atoms with van der Waals surface area (Å²) in [5.41, 5.74) is 1.97. The molecule has 1 aromatic carbocycles. The van der Waals surface area contributed by atoms with Gasteiger partial charge in [-0.15, -0.1) is 0 Å². The molecule has 4 nitrogen and oxygen atoms in total. The number of rotatable bonds is 3. The van der Waals surface area contributed by atoms with E-state index < -0.39 is 0 Å². The lowest BCUT2D eigenvalue weighted by atomic mass is 10.2. The number of hydrogen-bond acceptors (Lipinski definition) is 2. The molecule has 0 radical (unpaired) electrons. The molecule has 0 saturated carbocycles. The summed E-state index contributed by atoms with van der Waals surface area (Å²) >= 11 is 11.2. The molecule has 0 amide bonds. The van der Waals surface area contributed by atoms with Gasteiger partial charge in [-0.05, 0) is 43.8 Å². The fourth-order valence-electron chi connectivity index (χ4n) is 1.60. The van der Waals surface area contributed by atoms with E-state index in [-0.39, 0.29) is 0 Å². The summed E-state index contributed by atoms with van der Waals surface area (Å²) in [7, 11) is 0. The molecule has 2 rings (SSSR count). The highest BCUT2D eigenvalue weighted by atomic mass is 35.5. The van der Waals surface area contributed by atoms with Crippen LogP contribution in [0.5, 0.6) is 0 Å². The average Bonchev–Trinajstić information content (AvgIpc) is 2.81. The highest BCUT2D eigenvalue weighted by molar-refractivity contribution is 7.80. The van der Waals surface area contributed by atoms with Crippen LogP contribution in [0.1, 0.15) is 12.5 Å². The SMILES string of the molecule is CCn1ccc(NC(=S)Nc2cc(Cl)ccc2C)n1. The van der Waals surface area contributed by atoms with E-state index in [1.165, 1.54) is 0 Å². The fraction of sp³-hybridized carbons (Fsp3) is 0.231. The lowest BCUT2D eigenvalue weighted by molar-refractivity contribution is 0.662. The smallest absolute Gasteiger partial charge is 0.176 e. The van der Waals surface area contributed by atoms with Gasteiger partial charge in [0, 0.05) is 29.5 Å². The molecule has 19 heavy (non-hydrogen) atoms. The highest BCUT2D eigenvalue weighted by Crippen LogP contribution is 2.20. The lowest BCUT2D eigenvalue weighted by Gasteiger charge is -2.11. The van der Waals surface area contributed by atoms with E-state index in [1.54, 1.807) is 0 Å². The summed E-state index contributed by atoms with van der Waals surface area (Å²) < 4.78 is 1.83. The van der Waals surface area contributed by atoms with Gasteiger partial charge in [0.2, 0.25) is 0 Å². The molecule has 0 fully saturated rings. The summed E-state index contributed by atoms with van der Waals surface area (Å²) in [5, 5.41) is 11.6. The van der Waals surface area contributed by atoms with Crippen LogP contribution in [0.2, 0.25) is 5.02 Å². The number of thiocarbonyl (C=S) groups is 1. The Balaban J connectivity index is 2.03. The van der Waals surface area contributed by atoms with E-state index in [0.29, 0.717) is 10.1 Å². The molecule has 0 aliphatic heterocycles. The van der Waals surface area contributed by atoms with Gasteiger partial charge in [-0.1, -0.05) is 17.7 Å². The Labute approximate surface area is 122 Å². The predicted octanol–water partition coefficient (Wildman–Crippen LogP) is 3.67. The van der Waals surface area contributed by atoms with E-state index in [4.69, 9.17) is 23.8 Å². The molecule has 0 saturated heterocycles. The minimum atomic E-state index is 0.492. The van der Waals surface area contributed by atoms with Gasteiger partial charge in [0.25, 0.3) is 0 Å². The normalized spacial score (nSPS) is 10.3. The first-order valence-electron chi connectivity index (χ1n) is 5.96. The van der Waals surface area contributed by atoms with E-state index in [2.05, 4.69) is 15.7 Å². The van der Waals surface area contributed by atoms with Gasteiger partial charge < -0.3 is 10.6 Å². The Morgan fingerprint density at radius 2 is 2.16 bits per heavy atom. The summed E-state index contributed by atoms with van der Waals surface area (Å²) in [6, 6.07) is 7.51. The molecular weight excluding hydrogens is 280 g/mol. The van der Waals surface area contributed by atoms with Crippen molar-refractivity contribution >= 4 is 40.4 Å². The van der Waals surface area contributed by atoms with Crippen molar-refractivity contribution in [3.8, 4) is 0 Å². The van der Waals surface area contributed by atoms with Crippen molar-refractivity contribution in [1.82, 2.24) is 9.78 Å². The second-order valence-corrected chi connectivity index (χ2v) is 4.94. The maximum absolute atomic E-state index is 5.96. The fourth-order valence-corrected chi connectivity index (χ4v) is 1.99. The zero-order chi connectivity index (χ0) is 13.8. The van der Waals surface area contributed by atoms with Crippen LogP contribution < -0.4 is 10.6 Å². The van der Waals surface area contributed by atoms with Gasteiger partial charge in [-0.2, -0.15) is 5.10 Å². The molecule has 2 N–H and O–H groups in total. The van der Waals surface area contributed by atoms with Gasteiger partial charge >= 0.3 is 0 Å². The lowest BCUT2D eigenvalue weighted by Crippen LogP contribution is -2.20. The third kappa shape index (κ3) is 3.68. The number of nitrogens with one attached hydrogen (secondary N) is 2. The Kier molecular flexibility index (Phi) is 4.39. The summed E-state index contributed by atoms with van der Waals surface area (Å²) in [4.78, 5) is 0. The van der Waals surface area contributed by atoms with Crippen molar-refractivity contribution in [1.29, 1.82) is 0 Å². The van der Waals surface area contributed by atoms with Crippen molar-refractivity contribution in [3.63, 3.8) is 0 Å². The minimum Gasteiger partial charge on any atom is -0.332 e. The molecule has 0 spiro atoms. The second-order valence-electron chi connectivity index (χ2n) is 4.10. The number of hydrogen-bond donors (Lipinski definition) is 2. The first-order valence-corrected chi connectivity index (χ1v) is 6.74. The third-order valence-electron chi connectivity index (χ3n) is 2.65. The van der Waals surface area contributed by atoms with Crippen LogP contribution in [-0.4, -0.2) is 14.9 Å². The van der Waals surface area contributed by atoms with Crippen molar-refractivity contribution in [3.05, 3.63) is 41.0 Å².